The first-order chi connectivity index (χ1) is 10.1. The molecule has 0 fully saturated rings. The summed E-state index contributed by atoms with van der Waals surface area (Å²) in [5.41, 5.74) is 1.66. The Balaban J connectivity index is 2.20. The number of halogens is 2. The number of hydrogen-bond donors (Lipinski definition) is 0. The zero-order valence-electron chi connectivity index (χ0n) is 11.1. The molecule has 0 spiro atoms. The molecule has 0 heterocycles. The number of hydrogen-bond acceptors (Lipinski definition) is 1. The Hall–Kier alpha value is -1.90. The van der Waals surface area contributed by atoms with Gasteiger partial charge in [-0.15, -0.1) is 12.8 Å². The van der Waals surface area contributed by atoms with E-state index in [1.54, 1.807) is 24.3 Å². The summed E-state index contributed by atoms with van der Waals surface area (Å²) in [5.74, 6) is 5.19. The van der Waals surface area contributed by atoms with E-state index in [1.807, 2.05) is 24.3 Å². The van der Waals surface area contributed by atoms with Crippen molar-refractivity contribution in [3.8, 4) is 24.7 Å². The van der Waals surface area contributed by atoms with E-state index >= 15 is 0 Å². The Labute approximate surface area is 134 Å². The summed E-state index contributed by atoms with van der Waals surface area (Å²) in [7, 11) is 0. The zero-order chi connectivity index (χ0) is 15.2. The van der Waals surface area contributed by atoms with E-state index in [-0.39, 0.29) is 0 Å². The quantitative estimate of drug-likeness (QED) is 0.717. The molecule has 3 heteroatoms. The molecule has 0 aliphatic rings. The molecule has 104 valence electrons. The van der Waals surface area contributed by atoms with Crippen molar-refractivity contribution in [3.05, 3.63) is 69.7 Å². The SMILES string of the molecule is C#CC(OC(C#C)c1ccc(Cl)cc1)c1ccc(Cl)cc1. The van der Waals surface area contributed by atoms with Crippen LogP contribution in [0.1, 0.15) is 23.3 Å². The average molecular weight is 315 g/mol. The minimum atomic E-state index is -0.543. The Bertz CT molecular complexity index is 614. The van der Waals surface area contributed by atoms with Gasteiger partial charge in [0, 0.05) is 10.0 Å². The zero-order valence-corrected chi connectivity index (χ0v) is 12.6. The molecular formula is C18H12Cl2O. The van der Waals surface area contributed by atoms with Gasteiger partial charge in [0.1, 0.15) is 12.2 Å². The molecule has 2 aromatic rings. The van der Waals surface area contributed by atoms with Crippen LogP contribution in [-0.2, 0) is 4.74 Å². The summed E-state index contributed by atoms with van der Waals surface area (Å²) in [6.07, 6.45) is 10.0. The third-order valence-corrected chi connectivity index (χ3v) is 3.42. The van der Waals surface area contributed by atoms with Crippen LogP contribution in [0.5, 0.6) is 0 Å². The molecule has 0 radical (unpaired) electrons. The lowest BCUT2D eigenvalue weighted by Gasteiger charge is -2.18. The van der Waals surface area contributed by atoms with Gasteiger partial charge in [-0.3, -0.25) is 0 Å². The van der Waals surface area contributed by atoms with Crippen LogP contribution < -0.4 is 0 Å². The maximum Gasteiger partial charge on any atom is 0.145 e. The van der Waals surface area contributed by atoms with Gasteiger partial charge in [0.15, 0.2) is 0 Å². The molecule has 2 rings (SSSR count). The van der Waals surface area contributed by atoms with Gasteiger partial charge in [-0.2, -0.15) is 0 Å². The summed E-state index contributed by atoms with van der Waals surface area (Å²) in [5, 5.41) is 1.28. The van der Waals surface area contributed by atoms with Crippen LogP contribution in [0.25, 0.3) is 0 Å². The second kappa shape index (κ2) is 7.21. The van der Waals surface area contributed by atoms with Crippen molar-refractivity contribution < 1.29 is 4.74 Å². The smallest absolute Gasteiger partial charge is 0.145 e. The molecule has 0 amide bonds. The van der Waals surface area contributed by atoms with Gasteiger partial charge in [-0.25, -0.2) is 0 Å². The minimum Gasteiger partial charge on any atom is -0.340 e. The van der Waals surface area contributed by atoms with E-state index in [9.17, 15) is 0 Å². The van der Waals surface area contributed by atoms with Gasteiger partial charge in [-0.05, 0) is 35.4 Å². The van der Waals surface area contributed by atoms with Crippen LogP contribution in [0, 0.1) is 24.7 Å². The molecule has 2 unspecified atom stereocenters. The van der Waals surface area contributed by atoms with Crippen molar-refractivity contribution in [2.75, 3.05) is 0 Å². The molecule has 21 heavy (non-hydrogen) atoms. The van der Waals surface area contributed by atoms with Crippen LogP contribution in [0.2, 0.25) is 10.0 Å². The third-order valence-electron chi connectivity index (χ3n) is 2.92. The predicted molar refractivity (Wildman–Crippen MR) is 87.1 cm³/mol. The van der Waals surface area contributed by atoms with Crippen LogP contribution in [0.15, 0.2) is 48.5 Å². The lowest BCUT2D eigenvalue weighted by atomic mass is 10.1. The minimum absolute atomic E-state index is 0.543. The van der Waals surface area contributed by atoms with E-state index in [4.69, 9.17) is 40.8 Å². The lowest BCUT2D eigenvalue weighted by Crippen LogP contribution is -2.08. The van der Waals surface area contributed by atoms with E-state index in [1.165, 1.54) is 0 Å². The molecule has 0 aliphatic heterocycles. The molecule has 2 atom stereocenters. The summed E-state index contributed by atoms with van der Waals surface area (Å²) >= 11 is 11.7. The van der Waals surface area contributed by atoms with Crippen molar-refractivity contribution in [2.24, 2.45) is 0 Å². The highest BCUT2D eigenvalue weighted by molar-refractivity contribution is 6.30. The van der Waals surface area contributed by atoms with Crippen LogP contribution in [0.3, 0.4) is 0 Å². The normalized spacial score (nSPS) is 13.0. The van der Waals surface area contributed by atoms with Crippen molar-refractivity contribution >= 4 is 23.2 Å². The highest BCUT2D eigenvalue weighted by Gasteiger charge is 2.16. The maximum absolute atomic E-state index is 5.87. The van der Waals surface area contributed by atoms with E-state index in [2.05, 4.69) is 11.8 Å². The molecule has 0 saturated carbocycles. The topological polar surface area (TPSA) is 9.23 Å². The Morgan fingerprint density at radius 1 is 0.714 bits per heavy atom. The highest BCUT2D eigenvalue weighted by atomic mass is 35.5. The maximum atomic E-state index is 5.87. The number of ether oxygens (including phenoxy) is 1. The van der Waals surface area contributed by atoms with E-state index in [0.717, 1.165) is 11.1 Å². The summed E-state index contributed by atoms with van der Waals surface area (Å²) in [6.45, 7) is 0. The van der Waals surface area contributed by atoms with Gasteiger partial charge >= 0.3 is 0 Å². The lowest BCUT2D eigenvalue weighted by molar-refractivity contribution is 0.0516. The molecule has 0 saturated heterocycles. The number of benzene rings is 2. The van der Waals surface area contributed by atoms with Gasteiger partial charge < -0.3 is 4.74 Å². The highest BCUT2D eigenvalue weighted by Crippen LogP contribution is 2.27. The Morgan fingerprint density at radius 2 is 1.05 bits per heavy atom. The largest absolute Gasteiger partial charge is 0.340 e. The van der Waals surface area contributed by atoms with Crippen molar-refractivity contribution in [1.82, 2.24) is 0 Å². The molecule has 0 aromatic heterocycles. The molecule has 2 aromatic carbocycles. The van der Waals surface area contributed by atoms with E-state index < -0.39 is 12.2 Å². The fourth-order valence-corrected chi connectivity index (χ4v) is 2.09. The molecule has 0 aliphatic carbocycles. The fourth-order valence-electron chi connectivity index (χ4n) is 1.84. The van der Waals surface area contributed by atoms with Crippen LogP contribution in [-0.4, -0.2) is 0 Å². The summed E-state index contributed by atoms with van der Waals surface area (Å²) in [6, 6.07) is 14.3. The number of terminal acetylenes is 2. The fraction of sp³-hybridized carbons (Fsp3) is 0.111. The molecule has 0 N–H and O–H groups in total. The van der Waals surface area contributed by atoms with Gasteiger partial charge in [0.05, 0.1) is 0 Å². The van der Waals surface area contributed by atoms with Crippen molar-refractivity contribution in [3.63, 3.8) is 0 Å². The standard InChI is InChI=1S/C18H12Cl2O/c1-3-17(13-5-9-15(19)10-6-13)21-18(4-2)14-7-11-16(20)12-8-14/h1-2,5-12,17-18H. The first kappa shape index (κ1) is 15.5. The molecule has 0 bridgehead atoms. The van der Waals surface area contributed by atoms with Crippen molar-refractivity contribution in [1.29, 1.82) is 0 Å². The van der Waals surface area contributed by atoms with Crippen molar-refractivity contribution in [2.45, 2.75) is 12.2 Å². The van der Waals surface area contributed by atoms with Gasteiger partial charge in [0.2, 0.25) is 0 Å². The first-order valence-corrected chi connectivity index (χ1v) is 6.98. The molecule has 1 nitrogen and oxygen atoms in total. The summed E-state index contributed by atoms with van der Waals surface area (Å²) < 4.78 is 5.84. The average Bonchev–Trinajstić information content (AvgIpc) is 2.51. The second-order valence-corrected chi connectivity index (χ2v) is 5.21. The van der Waals surface area contributed by atoms with Gasteiger partial charge in [0.25, 0.3) is 0 Å². The summed E-state index contributed by atoms with van der Waals surface area (Å²) in [4.78, 5) is 0. The van der Waals surface area contributed by atoms with Crippen LogP contribution >= 0.6 is 23.2 Å². The van der Waals surface area contributed by atoms with Gasteiger partial charge in [-0.1, -0.05) is 59.3 Å². The van der Waals surface area contributed by atoms with E-state index in [0.29, 0.717) is 10.0 Å². The molecular weight excluding hydrogens is 303 g/mol. The second-order valence-electron chi connectivity index (χ2n) is 4.33. The van der Waals surface area contributed by atoms with Crippen LogP contribution in [0.4, 0.5) is 0 Å². The predicted octanol–water partition coefficient (Wildman–Crippen LogP) is 5.06. The monoisotopic (exact) mass is 314 g/mol. The first-order valence-electron chi connectivity index (χ1n) is 6.22. The Kier molecular flexibility index (Phi) is 5.32. The third kappa shape index (κ3) is 4.03. The number of rotatable bonds is 4. The Morgan fingerprint density at radius 3 is 1.33 bits per heavy atom.